The van der Waals surface area contributed by atoms with Crippen LogP contribution < -0.4 is 0 Å². The minimum atomic E-state index is -0.361. The summed E-state index contributed by atoms with van der Waals surface area (Å²) < 4.78 is 4.65. The number of hydrogen-bond acceptors (Lipinski definition) is 4. The zero-order chi connectivity index (χ0) is 12.4. The Kier molecular flexibility index (Phi) is 3.45. The molecule has 0 amide bonds. The molecular weight excluding hydrogens is 258 g/mol. The first-order chi connectivity index (χ1) is 8.11. The van der Waals surface area contributed by atoms with Gasteiger partial charge in [-0.25, -0.2) is 9.78 Å². The van der Waals surface area contributed by atoms with Crippen molar-refractivity contribution in [2.75, 3.05) is 7.11 Å². The number of halogens is 1. The van der Waals surface area contributed by atoms with Crippen molar-refractivity contribution in [3.8, 4) is 10.6 Å². The highest BCUT2D eigenvalue weighted by Gasteiger charge is 2.12. The number of aryl methyl sites for hydroxylation is 1. The lowest BCUT2D eigenvalue weighted by atomic mass is 10.1. The Morgan fingerprint density at radius 3 is 2.88 bits per heavy atom. The highest BCUT2D eigenvalue weighted by molar-refractivity contribution is 7.16. The van der Waals surface area contributed by atoms with E-state index in [0.717, 1.165) is 16.1 Å². The quantitative estimate of drug-likeness (QED) is 0.781. The lowest BCUT2D eigenvalue weighted by Gasteiger charge is -2.01. The second-order valence-electron chi connectivity index (χ2n) is 3.48. The highest BCUT2D eigenvalue weighted by atomic mass is 35.5. The molecule has 0 unspecified atom stereocenters. The largest absolute Gasteiger partial charge is 0.465 e. The van der Waals surface area contributed by atoms with E-state index in [1.54, 1.807) is 0 Å². The normalized spacial score (nSPS) is 10.3. The van der Waals surface area contributed by atoms with Gasteiger partial charge in [0.25, 0.3) is 0 Å². The van der Waals surface area contributed by atoms with Crippen molar-refractivity contribution < 1.29 is 9.53 Å². The fourth-order valence-corrected chi connectivity index (χ4v) is 2.61. The van der Waals surface area contributed by atoms with E-state index in [4.69, 9.17) is 11.6 Å². The van der Waals surface area contributed by atoms with Gasteiger partial charge in [0.1, 0.15) is 9.88 Å². The molecule has 0 aliphatic rings. The van der Waals surface area contributed by atoms with Crippen LogP contribution in [-0.4, -0.2) is 18.1 Å². The molecule has 0 atom stereocenters. The van der Waals surface area contributed by atoms with Gasteiger partial charge in [-0.3, -0.25) is 0 Å². The highest BCUT2D eigenvalue weighted by Crippen LogP contribution is 2.29. The van der Waals surface area contributed by atoms with Gasteiger partial charge in [-0.05, 0) is 24.6 Å². The van der Waals surface area contributed by atoms with E-state index in [1.165, 1.54) is 24.6 Å². The van der Waals surface area contributed by atoms with Gasteiger partial charge in [0.15, 0.2) is 0 Å². The summed E-state index contributed by atoms with van der Waals surface area (Å²) in [5, 5.41) is 1.48. The topological polar surface area (TPSA) is 39.2 Å². The van der Waals surface area contributed by atoms with Gasteiger partial charge in [-0.1, -0.05) is 17.7 Å². The molecule has 1 aromatic carbocycles. The molecule has 88 valence electrons. The van der Waals surface area contributed by atoms with Crippen LogP contribution in [0.15, 0.2) is 24.4 Å². The minimum absolute atomic E-state index is 0.361. The van der Waals surface area contributed by atoms with E-state index in [-0.39, 0.29) is 5.97 Å². The summed E-state index contributed by atoms with van der Waals surface area (Å²) in [5.74, 6) is -0.361. The Morgan fingerprint density at radius 1 is 1.47 bits per heavy atom. The fraction of sp³-hybridized carbons (Fsp3) is 0.167. The number of methoxy groups -OCH3 is 1. The molecule has 0 bridgehead atoms. The molecule has 1 aromatic heterocycles. The molecule has 0 spiro atoms. The predicted octanol–water partition coefficient (Wildman–Crippen LogP) is 3.56. The van der Waals surface area contributed by atoms with E-state index in [1.807, 2.05) is 25.1 Å². The van der Waals surface area contributed by atoms with Gasteiger partial charge in [-0.15, -0.1) is 11.3 Å². The molecule has 0 saturated heterocycles. The number of benzene rings is 1. The second kappa shape index (κ2) is 4.85. The summed E-state index contributed by atoms with van der Waals surface area (Å²) in [7, 11) is 1.36. The lowest BCUT2D eigenvalue weighted by molar-refractivity contribution is 0.0606. The second-order valence-corrected chi connectivity index (χ2v) is 4.95. The van der Waals surface area contributed by atoms with Crippen LogP contribution in [0.25, 0.3) is 10.6 Å². The van der Waals surface area contributed by atoms with Gasteiger partial charge >= 0.3 is 5.97 Å². The van der Waals surface area contributed by atoms with E-state index >= 15 is 0 Å². The number of carbonyl (C=O) groups is 1. The molecule has 5 heteroatoms. The number of thiazole rings is 1. The average Bonchev–Trinajstić information content (AvgIpc) is 2.77. The molecule has 0 aliphatic heterocycles. The molecule has 0 radical (unpaired) electrons. The molecule has 0 aliphatic carbocycles. The van der Waals surface area contributed by atoms with Crippen molar-refractivity contribution in [3.63, 3.8) is 0 Å². The summed E-state index contributed by atoms with van der Waals surface area (Å²) >= 11 is 7.20. The van der Waals surface area contributed by atoms with Crippen molar-refractivity contribution in [3.05, 3.63) is 39.9 Å². The first-order valence-corrected chi connectivity index (χ1v) is 6.12. The summed E-state index contributed by atoms with van der Waals surface area (Å²) in [4.78, 5) is 16.0. The number of rotatable bonds is 2. The zero-order valence-electron chi connectivity index (χ0n) is 9.36. The Morgan fingerprint density at radius 2 is 2.24 bits per heavy atom. The van der Waals surface area contributed by atoms with Crippen LogP contribution in [0.4, 0.5) is 0 Å². The van der Waals surface area contributed by atoms with Crippen LogP contribution >= 0.6 is 22.9 Å². The molecule has 2 aromatic rings. The number of ether oxygens (including phenoxy) is 1. The minimum Gasteiger partial charge on any atom is -0.465 e. The number of aromatic nitrogens is 1. The van der Waals surface area contributed by atoms with Crippen molar-refractivity contribution in [1.29, 1.82) is 0 Å². The van der Waals surface area contributed by atoms with Crippen molar-refractivity contribution in [2.24, 2.45) is 0 Å². The molecule has 2 rings (SSSR count). The van der Waals surface area contributed by atoms with Crippen molar-refractivity contribution in [2.45, 2.75) is 6.92 Å². The SMILES string of the molecule is COC(=O)c1cnc(-c2ccc(Cl)cc2C)s1. The van der Waals surface area contributed by atoms with Gasteiger partial charge in [-0.2, -0.15) is 0 Å². The maximum absolute atomic E-state index is 11.3. The van der Waals surface area contributed by atoms with E-state index in [9.17, 15) is 4.79 Å². The van der Waals surface area contributed by atoms with Gasteiger partial charge in [0.2, 0.25) is 0 Å². The van der Waals surface area contributed by atoms with E-state index in [2.05, 4.69) is 9.72 Å². The first-order valence-electron chi connectivity index (χ1n) is 4.92. The summed E-state index contributed by atoms with van der Waals surface area (Å²) in [6, 6.07) is 5.58. The Balaban J connectivity index is 2.40. The average molecular weight is 268 g/mol. The van der Waals surface area contributed by atoms with Gasteiger partial charge in [0, 0.05) is 10.6 Å². The third-order valence-corrected chi connectivity index (χ3v) is 3.56. The number of carbonyl (C=O) groups excluding carboxylic acids is 1. The molecule has 17 heavy (non-hydrogen) atoms. The molecule has 3 nitrogen and oxygen atoms in total. The van der Waals surface area contributed by atoms with Crippen LogP contribution in [0.5, 0.6) is 0 Å². The maximum atomic E-state index is 11.3. The van der Waals surface area contributed by atoms with Crippen molar-refractivity contribution >= 4 is 28.9 Å². The molecule has 0 N–H and O–H groups in total. The molecule has 1 heterocycles. The fourth-order valence-electron chi connectivity index (χ4n) is 1.46. The van der Waals surface area contributed by atoms with Gasteiger partial charge < -0.3 is 4.74 Å². The third-order valence-electron chi connectivity index (χ3n) is 2.31. The zero-order valence-corrected chi connectivity index (χ0v) is 10.9. The Hall–Kier alpha value is -1.39. The number of esters is 1. The molecular formula is C12H10ClNO2S. The third kappa shape index (κ3) is 2.48. The predicted molar refractivity (Wildman–Crippen MR) is 68.6 cm³/mol. The van der Waals surface area contributed by atoms with Crippen molar-refractivity contribution in [1.82, 2.24) is 4.98 Å². The van der Waals surface area contributed by atoms with Crippen LogP contribution in [0, 0.1) is 6.92 Å². The lowest BCUT2D eigenvalue weighted by Crippen LogP contribution is -1.96. The number of nitrogens with zero attached hydrogens (tertiary/aromatic N) is 1. The smallest absolute Gasteiger partial charge is 0.349 e. The summed E-state index contributed by atoms with van der Waals surface area (Å²) in [6.07, 6.45) is 1.53. The standard InChI is InChI=1S/C12H10ClNO2S/c1-7-5-8(13)3-4-9(7)11-14-6-10(17-11)12(15)16-2/h3-6H,1-2H3. The van der Waals surface area contributed by atoms with Crippen LogP contribution in [0.2, 0.25) is 5.02 Å². The van der Waals surface area contributed by atoms with E-state index < -0.39 is 0 Å². The summed E-state index contributed by atoms with van der Waals surface area (Å²) in [6.45, 7) is 1.96. The monoisotopic (exact) mass is 267 g/mol. The Labute approximate surface area is 108 Å². The number of hydrogen-bond donors (Lipinski definition) is 0. The van der Waals surface area contributed by atoms with Crippen LogP contribution in [0.3, 0.4) is 0 Å². The first kappa shape index (κ1) is 12.1. The summed E-state index contributed by atoms with van der Waals surface area (Å²) in [5.41, 5.74) is 2.01. The van der Waals surface area contributed by atoms with Gasteiger partial charge in [0.05, 0.1) is 13.3 Å². The molecule has 0 saturated carbocycles. The molecule has 0 fully saturated rings. The van der Waals surface area contributed by atoms with Crippen LogP contribution in [0.1, 0.15) is 15.2 Å². The van der Waals surface area contributed by atoms with E-state index in [0.29, 0.717) is 9.90 Å². The maximum Gasteiger partial charge on any atom is 0.349 e. The van der Waals surface area contributed by atoms with Crippen LogP contribution in [-0.2, 0) is 4.74 Å². The Bertz CT molecular complexity index is 565.